The molecule has 0 amide bonds. The second-order valence-electron chi connectivity index (χ2n) is 4.49. The second-order valence-corrected chi connectivity index (χ2v) is 4.49. The minimum absolute atomic E-state index is 0.284. The molecule has 0 heterocycles. The molecule has 0 spiro atoms. The molecule has 0 aromatic rings. The molecular formula is C15H16O2. The lowest BCUT2D eigenvalue weighted by Crippen LogP contribution is -2.00. The predicted octanol–water partition coefficient (Wildman–Crippen LogP) is 3.84. The van der Waals surface area contributed by atoms with Crippen LogP contribution < -0.4 is 4.74 Å². The zero-order valence-electron chi connectivity index (χ0n) is 10.4. The van der Waals surface area contributed by atoms with Crippen LogP contribution in [0.25, 0.3) is 11.1 Å². The lowest BCUT2D eigenvalue weighted by Gasteiger charge is -2.02. The number of carbonyl (C=O) groups is 1. The fourth-order valence-corrected chi connectivity index (χ4v) is 1.88. The third kappa shape index (κ3) is 2.47. The summed E-state index contributed by atoms with van der Waals surface area (Å²) in [4.78, 5) is 11.0. The number of hydrogen-bond donors (Lipinski definition) is 0. The van der Waals surface area contributed by atoms with Crippen molar-refractivity contribution < 1.29 is 9.53 Å². The number of rotatable bonds is 2. The molecular weight excluding hydrogens is 212 g/mol. The van der Waals surface area contributed by atoms with E-state index >= 15 is 0 Å². The van der Waals surface area contributed by atoms with E-state index in [1.165, 1.54) is 12.5 Å². The van der Waals surface area contributed by atoms with Gasteiger partial charge in [0.1, 0.15) is 5.75 Å². The molecule has 0 radical (unpaired) electrons. The fraction of sp³-hybridized carbons (Fsp3) is 0.267. The van der Waals surface area contributed by atoms with Crippen molar-refractivity contribution in [3.63, 3.8) is 0 Å². The maximum Gasteiger partial charge on any atom is 0.308 e. The molecule has 17 heavy (non-hydrogen) atoms. The van der Waals surface area contributed by atoms with E-state index in [1.807, 2.05) is 24.3 Å². The van der Waals surface area contributed by atoms with Gasteiger partial charge in [-0.3, -0.25) is 4.79 Å². The quantitative estimate of drug-likeness (QED) is 0.730. The molecule has 0 aliphatic heterocycles. The fourth-order valence-electron chi connectivity index (χ4n) is 1.88. The zero-order chi connectivity index (χ0) is 12.4. The van der Waals surface area contributed by atoms with Crippen molar-refractivity contribution in [2.75, 3.05) is 0 Å². The van der Waals surface area contributed by atoms with Gasteiger partial charge in [0.25, 0.3) is 0 Å². The van der Waals surface area contributed by atoms with Crippen LogP contribution in [-0.4, -0.2) is 5.97 Å². The summed E-state index contributed by atoms with van der Waals surface area (Å²) in [6.07, 6.45) is 0. The van der Waals surface area contributed by atoms with Gasteiger partial charge in [-0.25, -0.2) is 0 Å². The summed E-state index contributed by atoms with van der Waals surface area (Å²) < 4.78 is 5.17. The molecule has 0 fully saturated rings. The Labute approximate surface area is 102 Å². The van der Waals surface area contributed by atoms with Gasteiger partial charge in [-0.1, -0.05) is 44.2 Å². The molecule has 0 bridgehead atoms. The molecule has 0 atom stereocenters. The van der Waals surface area contributed by atoms with Crippen molar-refractivity contribution in [2.45, 2.75) is 26.7 Å². The summed E-state index contributed by atoms with van der Waals surface area (Å²) in [5, 5.41) is 0. The highest BCUT2D eigenvalue weighted by atomic mass is 16.5. The first-order valence-electron chi connectivity index (χ1n) is 5.79. The summed E-state index contributed by atoms with van der Waals surface area (Å²) >= 11 is 0. The maximum absolute atomic E-state index is 11.0. The van der Waals surface area contributed by atoms with Crippen LogP contribution in [0.1, 0.15) is 32.3 Å². The van der Waals surface area contributed by atoms with Gasteiger partial charge in [0, 0.05) is 12.5 Å². The third-order valence-corrected chi connectivity index (χ3v) is 2.78. The molecule has 0 N–H and O–H groups in total. The molecule has 0 saturated heterocycles. The summed E-state index contributed by atoms with van der Waals surface area (Å²) in [5.74, 6) is 0.837. The lowest BCUT2D eigenvalue weighted by molar-refractivity contribution is -0.131. The Morgan fingerprint density at radius 3 is 2.59 bits per heavy atom. The zero-order valence-corrected chi connectivity index (χ0v) is 10.4. The van der Waals surface area contributed by atoms with Gasteiger partial charge in [-0.2, -0.15) is 0 Å². The first-order chi connectivity index (χ1) is 8.08. The average Bonchev–Trinajstić information content (AvgIpc) is 2.50. The maximum atomic E-state index is 11.0. The van der Waals surface area contributed by atoms with E-state index in [0.717, 1.165) is 11.1 Å². The molecule has 0 aromatic carbocycles. The Kier molecular flexibility index (Phi) is 3.14. The summed E-state index contributed by atoms with van der Waals surface area (Å²) in [7, 11) is 0. The van der Waals surface area contributed by atoms with E-state index in [-0.39, 0.29) is 5.97 Å². The van der Waals surface area contributed by atoms with Crippen LogP contribution in [0.2, 0.25) is 0 Å². The van der Waals surface area contributed by atoms with E-state index in [1.54, 1.807) is 0 Å². The monoisotopic (exact) mass is 228 g/mol. The molecule has 2 aliphatic rings. The number of esters is 1. The van der Waals surface area contributed by atoms with Crippen LogP contribution in [-0.2, 0) is 4.79 Å². The van der Waals surface area contributed by atoms with Crippen molar-refractivity contribution in [3.05, 3.63) is 42.0 Å². The highest BCUT2D eigenvalue weighted by molar-refractivity contribution is 5.79. The largest absolute Gasteiger partial charge is 0.426 e. The van der Waals surface area contributed by atoms with Crippen molar-refractivity contribution in [2.24, 2.45) is 0 Å². The van der Waals surface area contributed by atoms with Crippen molar-refractivity contribution >= 4 is 5.97 Å². The number of hydrogen-bond acceptors (Lipinski definition) is 2. The van der Waals surface area contributed by atoms with Gasteiger partial charge in [-0.15, -0.1) is 0 Å². The van der Waals surface area contributed by atoms with Gasteiger partial charge in [0.2, 0.25) is 0 Å². The average molecular weight is 228 g/mol. The van der Waals surface area contributed by atoms with Crippen molar-refractivity contribution in [1.29, 1.82) is 0 Å². The molecule has 2 aliphatic carbocycles. The first-order valence-corrected chi connectivity index (χ1v) is 5.79. The SMILES string of the molecule is CC(=O)Oc1ccc2cc(C(C)C)cccc1-2. The topological polar surface area (TPSA) is 26.3 Å². The van der Waals surface area contributed by atoms with Crippen molar-refractivity contribution in [1.82, 2.24) is 0 Å². The molecule has 2 rings (SSSR count). The molecule has 0 aromatic heterocycles. The Morgan fingerprint density at radius 2 is 1.94 bits per heavy atom. The summed E-state index contributed by atoms with van der Waals surface area (Å²) in [6, 6.07) is 12.1. The molecule has 0 unspecified atom stereocenters. The molecule has 2 heteroatoms. The van der Waals surface area contributed by atoms with Crippen LogP contribution in [0, 0.1) is 0 Å². The first kappa shape index (κ1) is 11.6. The van der Waals surface area contributed by atoms with Crippen LogP contribution in [0.5, 0.6) is 5.75 Å². The summed E-state index contributed by atoms with van der Waals surface area (Å²) in [6.45, 7) is 5.75. The third-order valence-electron chi connectivity index (χ3n) is 2.78. The van der Waals surface area contributed by atoms with Crippen LogP contribution in [0.15, 0.2) is 36.4 Å². The normalized spacial score (nSPS) is 10.8. The van der Waals surface area contributed by atoms with Crippen molar-refractivity contribution in [3.8, 4) is 16.9 Å². The van der Waals surface area contributed by atoms with Gasteiger partial charge in [0.05, 0.1) is 0 Å². The summed E-state index contributed by atoms with van der Waals surface area (Å²) in [5.41, 5.74) is 3.36. The Balaban J connectivity index is 2.46. The van der Waals surface area contributed by atoms with Gasteiger partial charge in [-0.05, 0) is 23.1 Å². The van der Waals surface area contributed by atoms with E-state index in [9.17, 15) is 4.79 Å². The molecule has 88 valence electrons. The van der Waals surface area contributed by atoms with Crippen LogP contribution in [0.4, 0.5) is 0 Å². The molecule has 2 nitrogen and oxygen atoms in total. The van der Waals surface area contributed by atoms with Gasteiger partial charge < -0.3 is 4.74 Å². The van der Waals surface area contributed by atoms with Gasteiger partial charge in [0.15, 0.2) is 0 Å². The van der Waals surface area contributed by atoms with E-state index in [4.69, 9.17) is 4.74 Å². The highest BCUT2D eigenvalue weighted by Crippen LogP contribution is 2.34. The number of carbonyl (C=O) groups excluding carboxylic acids is 1. The number of fused-ring (bicyclic) bond motifs is 1. The lowest BCUT2D eigenvalue weighted by atomic mass is 10.0. The van der Waals surface area contributed by atoms with Gasteiger partial charge >= 0.3 is 5.97 Å². The molecule has 0 saturated carbocycles. The standard InChI is InChI=1S/C15H16O2/c1-10(2)12-5-4-6-14-13(9-12)7-8-15(14)17-11(3)16/h4-10H,1-3H3. The number of ether oxygens (including phenoxy) is 1. The van der Waals surface area contributed by atoms with E-state index in [0.29, 0.717) is 11.7 Å². The van der Waals surface area contributed by atoms with Crippen LogP contribution >= 0.6 is 0 Å². The van der Waals surface area contributed by atoms with Crippen LogP contribution in [0.3, 0.4) is 0 Å². The minimum Gasteiger partial charge on any atom is -0.426 e. The van der Waals surface area contributed by atoms with E-state index < -0.39 is 0 Å². The Bertz CT molecular complexity index is 515. The Hall–Kier alpha value is -1.83. The minimum atomic E-state index is -0.284. The smallest absolute Gasteiger partial charge is 0.308 e. The van der Waals surface area contributed by atoms with E-state index in [2.05, 4.69) is 26.0 Å². The highest BCUT2D eigenvalue weighted by Gasteiger charge is 2.12. The second kappa shape index (κ2) is 4.58. The predicted molar refractivity (Wildman–Crippen MR) is 68.5 cm³/mol. The Morgan fingerprint density at radius 1 is 1.18 bits per heavy atom.